The van der Waals surface area contributed by atoms with Crippen molar-refractivity contribution >= 4 is 5.84 Å². The molecule has 0 aliphatic carbocycles. The molecule has 5 nitrogen and oxygen atoms in total. The predicted molar refractivity (Wildman–Crippen MR) is 59.1 cm³/mol. The molecule has 0 aromatic rings. The van der Waals surface area contributed by atoms with Crippen LogP contribution in [0, 0.1) is 0 Å². The molecule has 15 heavy (non-hydrogen) atoms. The summed E-state index contributed by atoms with van der Waals surface area (Å²) in [7, 11) is 0. The fourth-order valence-electron chi connectivity index (χ4n) is 2.00. The van der Waals surface area contributed by atoms with Crippen molar-refractivity contribution in [1.82, 2.24) is 4.90 Å². The fourth-order valence-corrected chi connectivity index (χ4v) is 2.00. The lowest BCUT2D eigenvalue weighted by Crippen LogP contribution is -2.45. The van der Waals surface area contributed by atoms with Gasteiger partial charge < -0.3 is 15.7 Å². The quantitative estimate of drug-likeness (QED) is 0.312. The highest BCUT2D eigenvalue weighted by molar-refractivity contribution is 5.79. The Bertz CT molecular complexity index is 211. The van der Waals surface area contributed by atoms with Crippen LogP contribution in [0.15, 0.2) is 5.16 Å². The highest BCUT2D eigenvalue weighted by Gasteiger charge is 2.21. The van der Waals surface area contributed by atoms with Crippen molar-refractivity contribution in [3.8, 4) is 0 Å². The lowest BCUT2D eigenvalue weighted by Gasteiger charge is -2.35. The van der Waals surface area contributed by atoms with Gasteiger partial charge in [0.15, 0.2) is 0 Å². The van der Waals surface area contributed by atoms with E-state index in [1.165, 1.54) is 0 Å². The van der Waals surface area contributed by atoms with Crippen molar-refractivity contribution in [3.63, 3.8) is 0 Å². The van der Waals surface area contributed by atoms with E-state index < -0.39 is 0 Å². The molecule has 2 atom stereocenters. The van der Waals surface area contributed by atoms with Gasteiger partial charge >= 0.3 is 0 Å². The summed E-state index contributed by atoms with van der Waals surface area (Å²) < 4.78 is 5.63. The van der Waals surface area contributed by atoms with Crippen LogP contribution in [0.5, 0.6) is 0 Å². The van der Waals surface area contributed by atoms with E-state index in [2.05, 4.69) is 23.9 Å². The Balaban J connectivity index is 2.20. The molecule has 0 amide bonds. The number of amidine groups is 1. The summed E-state index contributed by atoms with van der Waals surface area (Å²) in [5.74, 6) is 0.310. The SMILES string of the molecule is CC1CN(CCC/C(N)=N/O)CC(C)O1. The van der Waals surface area contributed by atoms with Gasteiger partial charge in [-0.15, -0.1) is 0 Å². The lowest BCUT2D eigenvalue weighted by molar-refractivity contribution is -0.0679. The first-order chi connectivity index (χ1) is 7.11. The van der Waals surface area contributed by atoms with Crippen molar-refractivity contribution in [2.24, 2.45) is 10.9 Å². The number of ether oxygens (including phenoxy) is 1. The summed E-state index contributed by atoms with van der Waals surface area (Å²) in [6.45, 7) is 7.10. The van der Waals surface area contributed by atoms with Crippen LogP contribution in [0.4, 0.5) is 0 Å². The van der Waals surface area contributed by atoms with Crippen LogP contribution in [0.1, 0.15) is 26.7 Å². The lowest BCUT2D eigenvalue weighted by atomic mass is 10.2. The van der Waals surface area contributed by atoms with E-state index in [0.717, 1.165) is 26.1 Å². The monoisotopic (exact) mass is 215 g/mol. The summed E-state index contributed by atoms with van der Waals surface area (Å²) in [6.07, 6.45) is 2.18. The maximum Gasteiger partial charge on any atom is 0.139 e. The Labute approximate surface area is 90.9 Å². The van der Waals surface area contributed by atoms with Gasteiger partial charge in [-0.05, 0) is 26.8 Å². The third kappa shape index (κ3) is 4.48. The third-order valence-electron chi connectivity index (χ3n) is 2.53. The molecule has 88 valence electrons. The topological polar surface area (TPSA) is 71.1 Å². The van der Waals surface area contributed by atoms with Crippen LogP contribution in [-0.4, -0.2) is 47.8 Å². The van der Waals surface area contributed by atoms with Gasteiger partial charge in [-0.3, -0.25) is 4.90 Å². The zero-order valence-electron chi connectivity index (χ0n) is 9.52. The summed E-state index contributed by atoms with van der Waals surface area (Å²) in [5.41, 5.74) is 5.40. The van der Waals surface area contributed by atoms with Crippen LogP contribution in [0.3, 0.4) is 0 Å². The molecule has 3 N–H and O–H groups in total. The van der Waals surface area contributed by atoms with Crippen molar-refractivity contribution in [3.05, 3.63) is 0 Å². The molecule has 0 spiro atoms. The van der Waals surface area contributed by atoms with Crippen LogP contribution in [-0.2, 0) is 4.74 Å². The molecule has 0 aromatic heterocycles. The maximum atomic E-state index is 8.39. The summed E-state index contributed by atoms with van der Waals surface area (Å²) in [6, 6.07) is 0. The Morgan fingerprint density at radius 1 is 1.47 bits per heavy atom. The standard InChI is InChI=1S/C10H21N3O2/c1-8-6-13(7-9(2)15-8)5-3-4-10(11)12-14/h8-9,14H,3-7H2,1-2H3,(H2,11,12). The van der Waals surface area contributed by atoms with Crippen LogP contribution in [0.2, 0.25) is 0 Å². The summed E-state index contributed by atoms with van der Waals surface area (Å²) in [4.78, 5) is 2.36. The molecule has 0 bridgehead atoms. The average Bonchev–Trinajstić information content (AvgIpc) is 2.16. The van der Waals surface area contributed by atoms with Crippen LogP contribution < -0.4 is 5.73 Å². The molecular formula is C10H21N3O2. The van der Waals surface area contributed by atoms with E-state index in [4.69, 9.17) is 15.7 Å². The molecule has 0 aromatic carbocycles. The van der Waals surface area contributed by atoms with Crippen LogP contribution in [0.25, 0.3) is 0 Å². The number of hydrogen-bond acceptors (Lipinski definition) is 4. The van der Waals surface area contributed by atoms with E-state index in [1.54, 1.807) is 0 Å². The third-order valence-corrected chi connectivity index (χ3v) is 2.53. The molecule has 1 heterocycles. The van der Waals surface area contributed by atoms with Crippen molar-refractivity contribution in [1.29, 1.82) is 0 Å². The number of nitrogens with two attached hydrogens (primary N) is 1. The number of nitrogens with zero attached hydrogens (tertiary/aromatic N) is 2. The van der Waals surface area contributed by atoms with Gasteiger partial charge in [0.25, 0.3) is 0 Å². The highest BCUT2D eigenvalue weighted by Crippen LogP contribution is 2.11. The van der Waals surface area contributed by atoms with Gasteiger partial charge in [-0.2, -0.15) is 0 Å². The van der Waals surface area contributed by atoms with E-state index in [1.807, 2.05) is 0 Å². The molecule has 1 aliphatic rings. The molecule has 0 saturated carbocycles. The van der Waals surface area contributed by atoms with E-state index in [-0.39, 0.29) is 0 Å². The van der Waals surface area contributed by atoms with Gasteiger partial charge in [0, 0.05) is 19.5 Å². The van der Waals surface area contributed by atoms with Crippen molar-refractivity contribution < 1.29 is 9.94 Å². The number of morpholine rings is 1. The maximum absolute atomic E-state index is 8.39. The van der Waals surface area contributed by atoms with Gasteiger partial charge in [0.2, 0.25) is 0 Å². The number of hydrogen-bond donors (Lipinski definition) is 2. The Hall–Kier alpha value is -0.810. The second-order valence-electron chi connectivity index (χ2n) is 4.21. The first-order valence-electron chi connectivity index (χ1n) is 5.46. The fraction of sp³-hybridized carbons (Fsp3) is 0.900. The van der Waals surface area contributed by atoms with E-state index in [0.29, 0.717) is 24.5 Å². The molecule has 2 unspecified atom stereocenters. The smallest absolute Gasteiger partial charge is 0.139 e. The van der Waals surface area contributed by atoms with Gasteiger partial charge in [0.1, 0.15) is 5.84 Å². The first-order valence-corrected chi connectivity index (χ1v) is 5.46. The Kier molecular flexibility index (Phi) is 4.84. The largest absolute Gasteiger partial charge is 0.409 e. The second kappa shape index (κ2) is 5.92. The summed E-state index contributed by atoms with van der Waals surface area (Å²) in [5, 5.41) is 11.3. The highest BCUT2D eigenvalue weighted by atomic mass is 16.5. The van der Waals surface area contributed by atoms with E-state index >= 15 is 0 Å². The minimum atomic E-state index is 0.303. The summed E-state index contributed by atoms with van der Waals surface area (Å²) >= 11 is 0. The average molecular weight is 215 g/mol. The van der Waals surface area contributed by atoms with Gasteiger partial charge in [-0.25, -0.2) is 0 Å². The molecule has 1 aliphatic heterocycles. The second-order valence-corrected chi connectivity index (χ2v) is 4.21. The van der Waals surface area contributed by atoms with Gasteiger partial charge in [0.05, 0.1) is 12.2 Å². The minimum Gasteiger partial charge on any atom is -0.409 e. The number of oxime groups is 1. The van der Waals surface area contributed by atoms with Crippen molar-refractivity contribution in [2.75, 3.05) is 19.6 Å². The molecule has 1 fully saturated rings. The van der Waals surface area contributed by atoms with Crippen LogP contribution >= 0.6 is 0 Å². The number of rotatable bonds is 4. The molecule has 5 heteroatoms. The zero-order chi connectivity index (χ0) is 11.3. The van der Waals surface area contributed by atoms with E-state index in [9.17, 15) is 0 Å². The molecular weight excluding hydrogens is 194 g/mol. The molecule has 1 saturated heterocycles. The first kappa shape index (κ1) is 12.3. The van der Waals surface area contributed by atoms with Gasteiger partial charge in [-0.1, -0.05) is 5.16 Å². The Morgan fingerprint density at radius 2 is 2.07 bits per heavy atom. The normalized spacial score (nSPS) is 29.3. The zero-order valence-corrected chi connectivity index (χ0v) is 9.52. The minimum absolute atomic E-state index is 0.303. The van der Waals surface area contributed by atoms with Crippen molar-refractivity contribution in [2.45, 2.75) is 38.9 Å². The molecule has 0 radical (unpaired) electrons. The predicted octanol–water partition coefficient (Wildman–Crippen LogP) is 0.622. The Morgan fingerprint density at radius 3 is 2.60 bits per heavy atom. The molecule has 1 rings (SSSR count).